The third-order valence-corrected chi connectivity index (χ3v) is 3.38. The lowest BCUT2D eigenvalue weighted by Gasteiger charge is -2.04. The Morgan fingerprint density at radius 1 is 1.21 bits per heavy atom. The Hall–Kier alpha value is -3.48. The highest BCUT2D eigenvalue weighted by molar-refractivity contribution is 6.09. The molecule has 2 heterocycles. The first-order chi connectivity index (χ1) is 11.6. The van der Waals surface area contributed by atoms with Crippen LogP contribution in [-0.2, 0) is 0 Å². The standard InChI is InChI=1S/C17H14N4O3/c1-10-4-2-5-11(8-10)16(23)20-17-13(15(18)22)14(21-24-17)12-6-3-7-19-9-12/h2-9H,1H3,(H2,18,22)(H,20,23). The second-order valence-corrected chi connectivity index (χ2v) is 5.16. The maximum absolute atomic E-state index is 12.3. The summed E-state index contributed by atoms with van der Waals surface area (Å²) >= 11 is 0. The van der Waals surface area contributed by atoms with Gasteiger partial charge in [0.25, 0.3) is 11.8 Å². The zero-order valence-electron chi connectivity index (χ0n) is 12.8. The van der Waals surface area contributed by atoms with Crippen LogP contribution in [0.15, 0.2) is 53.3 Å². The molecule has 0 fully saturated rings. The molecule has 7 nitrogen and oxygen atoms in total. The second kappa shape index (κ2) is 6.33. The lowest BCUT2D eigenvalue weighted by molar-refractivity contribution is 0.100. The number of aromatic nitrogens is 2. The van der Waals surface area contributed by atoms with Crippen molar-refractivity contribution in [3.8, 4) is 11.3 Å². The van der Waals surface area contributed by atoms with Gasteiger partial charge in [0.2, 0.25) is 5.88 Å². The van der Waals surface area contributed by atoms with Crippen molar-refractivity contribution in [3.63, 3.8) is 0 Å². The Balaban J connectivity index is 1.96. The molecule has 0 aliphatic carbocycles. The fourth-order valence-corrected chi connectivity index (χ4v) is 2.27. The monoisotopic (exact) mass is 322 g/mol. The van der Waals surface area contributed by atoms with Gasteiger partial charge in [-0.2, -0.15) is 0 Å². The van der Waals surface area contributed by atoms with Crippen LogP contribution in [0.1, 0.15) is 26.3 Å². The number of nitrogens with zero attached hydrogens (tertiary/aromatic N) is 2. The molecule has 1 aromatic carbocycles. The van der Waals surface area contributed by atoms with Crippen molar-refractivity contribution >= 4 is 17.7 Å². The van der Waals surface area contributed by atoms with Gasteiger partial charge in [-0.25, -0.2) is 0 Å². The maximum Gasteiger partial charge on any atom is 0.258 e. The van der Waals surface area contributed by atoms with Gasteiger partial charge in [0.1, 0.15) is 11.3 Å². The van der Waals surface area contributed by atoms with Crippen LogP contribution < -0.4 is 11.1 Å². The summed E-state index contributed by atoms with van der Waals surface area (Å²) in [6.07, 6.45) is 3.12. The third-order valence-electron chi connectivity index (χ3n) is 3.38. The number of hydrogen-bond acceptors (Lipinski definition) is 5. The van der Waals surface area contributed by atoms with Gasteiger partial charge in [-0.3, -0.25) is 19.9 Å². The predicted octanol–water partition coefficient (Wildman–Crippen LogP) is 2.40. The molecule has 0 saturated carbocycles. The summed E-state index contributed by atoms with van der Waals surface area (Å²) in [6, 6.07) is 10.4. The second-order valence-electron chi connectivity index (χ2n) is 5.16. The van der Waals surface area contributed by atoms with Crippen molar-refractivity contribution in [1.29, 1.82) is 0 Å². The zero-order chi connectivity index (χ0) is 17.1. The molecule has 120 valence electrons. The Bertz CT molecular complexity index is 903. The van der Waals surface area contributed by atoms with E-state index < -0.39 is 11.8 Å². The number of rotatable bonds is 4. The minimum atomic E-state index is -0.755. The third kappa shape index (κ3) is 3.00. The summed E-state index contributed by atoms with van der Waals surface area (Å²) in [4.78, 5) is 28.1. The summed E-state index contributed by atoms with van der Waals surface area (Å²) < 4.78 is 5.12. The van der Waals surface area contributed by atoms with Crippen molar-refractivity contribution in [3.05, 3.63) is 65.5 Å². The van der Waals surface area contributed by atoms with E-state index in [4.69, 9.17) is 10.3 Å². The molecule has 7 heteroatoms. The lowest BCUT2D eigenvalue weighted by atomic mass is 10.1. The van der Waals surface area contributed by atoms with E-state index in [1.165, 1.54) is 6.20 Å². The number of benzene rings is 1. The van der Waals surface area contributed by atoms with E-state index in [9.17, 15) is 9.59 Å². The highest BCUT2D eigenvalue weighted by atomic mass is 16.5. The molecule has 0 unspecified atom stereocenters. The van der Waals surface area contributed by atoms with Crippen LogP contribution in [-0.4, -0.2) is 22.0 Å². The van der Waals surface area contributed by atoms with E-state index in [0.717, 1.165) is 5.56 Å². The zero-order valence-corrected chi connectivity index (χ0v) is 12.8. The summed E-state index contributed by atoms with van der Waals surface area (Å²) in [7, 11) is 0. The summed E-state index contributed by atoms with van der Waals surface area (Å²) in [5.41, 5.74) is 7.59. The molecular formula is C17H14N4O3. The normalized spacial score (nSPS) is 10.4. The first-order valence-electron chi connectivity index (χ1n) is 7.14. The number of carbonyl (C=O) groups excluding carboxylic acids is 2. The van der Waals surface area contributed by atoms with Gasteiger partial charge >= 0.3 is 0 Å². The number of hydrogen-bond donors (Lipinski definition) is 2. The number of pyridine rings is 1. The molecule has 3 aromatic rings. The molecule has 0 spiro atoms. The Labute approximate surface area is 137 Å². The topological polar surface area (TPSA) is 111 Å². The van der Waals surface area contributed by atoms with E-state index in [0.29, 0.717) is 11.1 Å². The Morgan fingerprint density at radius 3 is 2.71 bits per heavy atom. The first-order valence-corrected chi connectivity index (χ1v) is 7.14. The van der Waals surface area contributed by atoms with Crippen LogP contribution in [0.3, 0.4) is 0 Å². The Kier molecular flexibility index (Phi) is 4.07. The van der Waals surface area contributed by atoms with Crippen molar-refractivity contribution in [1.82, 2.24) is 10.1 Å². The maximum atomic E-state index is 12.3. The van der Waals surface area contributed by atoms with Gasteiger partial charge in [0.05, 0.1) is 0 Å². The van der Waals surface area contributed by atoms with Crippen LogP contribution in [0, 0.1) is 6.92 Å². The minimum absolute atomic E-state index is 0.00371. The van der Waals surface area contributed by atoms with Gasteiger partial charge in [-0.05, 0) is 31.2 Å². The molecule has 24 heavy (non-hydrogen) atoms. The van der Waals surface area contributed by atoms with E-state index >= 15 is 0 Å². The first kappa shape index (κ1) is 15.4. The fraction of sp³-hybridized carbons (Fsp3) is 0.0588. The van der Waals surface area contributed by atoms with E-state index in [2.05, 4.69) is 15.5 Å². The summed E-state index contributed by atoms with van der Waals surface area (Å²) in [6.45, 7) is 1.88. The molecule has 0 saturated heterocycles. The molecule has 2 amide bonds. The largest absolute Gasteiger partial charge is 0.365 e. The van der Waals surface area contributed by atoms with Crippen LogP contribution in [0.2, 0.25) is 0 Å². The van der Waals surface area contributed by atoms with Crippen molar-refractivity contribution < 1.29 is 14.1 Å². The van der Waals surface area contributed by atoms with Crippen molar-refractivity contribution in [2.75, 3.05) is 5.32 Å². The highest BCUT2D eigenvalue weighted by Gasteiger charge is 2.24. The summed E-state index contributed by atoms with van der Waals surface area (Å²) in [5, 5.41) is 6.38. The molecule has 3 N–H and O–H groups in total. The minimum Gasteiger partial charge on any atom is -0.365 e. The Morgan fingerprint density at radius 2 is 2.04 bits per heavy atom. The number of aryl methyl sites for hydroxylation is 1. The molecule has 0 radical (unpaired) electrons. The van der Waals surface area contributed by atoms with Gasteiger partial charge in [-0.1, -0.05) is 22.9 Å². The van der Waals surface area contributed by atoms with E-state index in [1.54, 1.807) is 36.5 Å². The number of nitrogens with two attached hydrogens (primary N) is 1. The average Bonchev–Trinajstić information content (AvgIpc) is 2.99. The van der Waals surface area contributed by atoms with Crippen LogP contribution >= 0.6 is 0 Å². The van der Waals surface area contributed by atoms with Crippen LogP contribution in [0.4, 0.5) is 5.88 Å². The summed E-state index contributed by atoms with van der Waals surface area (Å²) in [5.74, 6) is -1.27. The number of nitrogens with one attached hydrogen (secondary N) is 1. The van der Waals surface area contributed by atoms with Crippen molar-refractivity contribution in [2.24, 2.45) is 5.73 Å². The predicted molar refractivity (Wildman–Crippen MR) is 87.4 cm³/mol. The molecular weight excluding hydrogens is 308 g/mol. The molecule has 0 bridgehead atoms. The van der Waals surface area contributed by atoms with Gasteiger partial charge < -0.3 is 10.3 Å². The van der Waals surface area contributed by atoms with Gasteiger partial charge in [0, 0.05) is 23.5 Å². The van der Waals surface area contributed by atoms with Crippen LogP contribution in [0.25, 0.3) is 11.3 Å². The SMILES string of the molecule is Cc1cccc(C(=O)Nc2onc(-c3cccnc3)c2C(N)=O)c1. The van der Waals surface area contributed by atoms with E-state index in [-0.39, 0.29) is 17.1 Å². The molecule has 0 atom stereocenters. The smallest absolute Gasteiger partial charge is 0.258 e. The van der Waals surface area contributed by atoms with E-state index in [1.807, 2.05) is 13.0 Å². The molecule has 2 aromatic heterocycles. The number of amides is 2. The molecule has 0 aliphatic heterocycles. The van der Waals surface area contributed by atoms with Crippen LogP contribution in [0.5, 0.6) is 0 Å². The number of anilines is 1. The van der Waals surface area contributed by atoms with Crippen molar-refractivity contribution in [2.45, 2.75) is 6.92 Å². The number of primary amides is 1. The van der Waals surface area contributed by atoms with Gasteiger partial charge in [0.15, 0.2) is 0 Å². The molecule has 0 aliphatic rings. The molecule has 3 rings (SSSR count). The average molecular weight is 322 g/mol. The lowest BCUT2D eigenvalue weighted by Crippen LogP contribution is -2.17. The fourth-order valence-electron chi connectivity index (χ4n) is 2.27. The van der Waals surface area contributed by atoms with Gasteiger partial charge in [-0.15, -0.1) is 0 Å². The highest BCUT2D eigenvalue weighted by Crippen LogP contribution is 2.28. The quantitative estimate of drug-likeness (QED) is 0.766. The number of carbonyl (C=O) groups is 2.